The van der Waals surface area contributed by atoms with Crippen molar-refractivity contribution in [2.24, 2.45) is 0 Å². The number of carbonyl (C=O) groups is 1. The van der Waals surface area contributed by atoms with Gasteiger partial charge in [-0.1, -0.05) is 32.3 Å². The van der Waals surface area contributed by atoms with E-state index in [1.807, 2.05) is 6.92 Å². The van der Waals surface area contributed by atoms with Gasteiger partial charge in [0, 0.05) is 34.7 Å². The monoisotopic (exact) mass is 504 g/mol. The zero-order valence-corrected chi connectivity index (χ0v) is 20.9. The summed E-state index contributed by atoms with van der Waals surface area (Å²) in [4.78, 5) is 24.2. The highest BCUT2D eigenvalue weighted by molar-refractivity contribution is 7.80. The first-order valence-corrected chi connectivity index (χ1v) is 12.3. The molecule has 8 heteroatoms. The molecule has 0 spiro atoms. The van der Waals surface area contributed by atoms with E-state index in [1.165, 1.54) is 24.3 Å². The molecule has 4 N–H and O–H groups in total. The van der Waals surface area contributed by atoms with Crippen LogP contribution < -0.4 is 16.1 Å². The van der Waals surface area contributed by atoms with Gasteiger partial charge in [-0.05, 0) is 67.5 Å². The molecule has 0 bridgehead atoms. The molecule has 7 nitrogen and oxygen atoms in total. The molecule has 1 atom stereocenters. The summed E-state index contributed by atoms with van der Waals surface area (Å²) in [5.74, 6) is -0.741. The number of aromatic carboxylic acids is 1. The van der Waals surface area contributed by atoms with Crippen LogP contribution in [0, 0.1) is 0 Å². The lowest BCUT2D eigenvalue weighted by Crippen LogP contribution is -2.36. The number of aromatic hydroxyl groups is 1. The maximum absolute atomic E-state index is 12.2. The second-order valence-electron chi connectivity index (χ2n) is 8.88. The molecule has 0 aromatic heterocycles. The molecule has 0 unspecified atom stereocenters. The standard InChI is InChI=1S/C28H28N2O5S/c1-3-4-5-6-16(2)29-28(36)30-23-12-7-17(13-22(23)27(33)34)26-20-10-8-18(31)14-24(20)35-25-15-19(32)9-11-21(25)26/h7-16,31H,3-6H2,1-2H3,(H,33,34)(H2,29,30,36)/t16-/m1/s1. The third-order valence-electron chi connectivity index (χ3n) is 6.08. The number of rotatable bonds is 8. The fourth-order valence-electron chi connectivity index (χ4n) is 4.31. The van der Waals surface area contributed by atoms with Crippen LogP contribution in [0.4, 0.5) is 5.69 Å². The minimum atomic E-state index is -1.10. The molecule has 0 saturated heterocycles. The van der Waals surface area contributed by atoms with Crippen molar-refractivity contribution in [2.75, 3.05) is 5.32 Å². The Morgan fingerprint density at radius 1 is 1.08 bits per heavy atom. The number of thiocarbonyl (C=S) groups is 1. The topological polar surface area (TPSA) is 112 Å². The summed E-state index contributed by atoms with van der Waals surface area (Å²) in [6.45, 7) is 4.20. The summed E-state index contributed by atoms with van der Waals surface area (Å²) >= 11 is 5.43. The SMILES string of the molecule is CCCCC[C@@H](C)NC(=S)Nc1ccc(-c2c3ccc(=O)cc-3oc3cc(O)ccc23)cc1C(=O)O. The Kier molecular flexibility index (Phi) is 7.55. The summed E-state index contributed by atoms with van der Waals surface area (Å²) in [6.07, 6.45) is 4.37. The minimum absolute atomic E-state index is 0.0190. The highest BCUT2D eigenvalue weighted by atomic mass is 32.1. The summed E-state index contributed by atoms with van der Waals surface area (Å²) in [7, 11) is 0. The largest absolute Gasteiger partial charge is 0.508 e. The highest BCUT2D eigenvalue weighted by Gasteiger charge is 2.20. The van der Waals surface area contributed by atoms with E-state index < -0.39 is 5.97 Å². The molecule has 4 rings (SSSR count). The fourth-order valence-corrected chi connectivity index (χ4v) is 4.62. The van der Waals surface area contributed by atoms with E-state index in [0.717, 1.165) is 25.7 Å². The first-order valence-electron chi connectivity index (χ1n) is 11.9. The van der Waals surface area contributed by atoms with E-state index >= 15 is 0 Å². The van der Waals surface area contributed by atoms with E-state index in [0.29, 0.717) is 44.2 Å². The molecular formula is C28H28N2O5S. The van der Waals surface area contributed by atoms with Crippen LogP contribution in [0.5, 0.6) is 5.75 Å². The molecule has 0 radical (unpaired) electrons. The van der Waals surface area contributed by atoms with Crippen LogP contribution >= 0.6 is 12.2 Å². The lowest BCUT2D eigenvalue weighted by Gasteiger charge is -2.19. The van der Waals surface area contributed by atoms with Crippen molar-refractivity contribution in [2.45, 2.75) is 45.6 Å². The van der Waals surface area contributed by atoms with Crippen molar-refractivity contribution < 1.29 is 19.4 Å². The van der Waals surface area contributed by atoms with Gasteiger partial charge in [-0.3, -0.25) is 4.79 Å². The van der Waals surface area contributed by atoms with E-state index in [4.69, 9.17) is 16.6 Å². The van der Waals surface area contributed by atoms with Crippen molar-refractivity contribution in [1.29, 1.82) is 0 Å². The van der Waals surface area contributed by atoms with E-state index in [1.54, 1.807) is 30.3 Å². The van der Waals surface area contributed by atoms with Crippen molar-refractivity contribution in [3.05, 3.63) is 70.4 Å². The molecule has 2 aromatic rings. The van der Waals surface area contributed by atoms with Gasteiger partial charge < -0.3 is 25.3 Å². The number of hydrogen-bond acceptors (Lipinski definition) is 5. The molecule has 2 aromatic carbocycles. The number of benzene rings is 3. The van der Waals surface area contributed by atoms with Crippen LogP contribution in [-0.2, 0) is 0 Å². The average molecular weight is 505 g/mol. The summed E-state index contributed by atoms with van der Waals surface area (Å²) in [5.41, 5.74) is 2.57. The first kappa shape index (κ1) is 25.2. The smallest absolute Gasteiger partial charge is 0.337 e. The van der Waals surface area contributed by atoms with Crippen LogP contribution in [0.25, 0.3) is 33.4 Å². The molecule has 186 valence electrons. The summed E-state index contributed by atoms with van der Waals surface area (Å²) in [6, 6.07) is 14.4. The highest BCUT2D eigenvalue weighted by Crippen LogP contribution is 2.41. The minimum Gasteiger partial charge on any atom is -0.508 e. The van der Waals surface area contributed by atoms with Crippen LogP contribution in [0.2, 0.25) is 0 Å². The third kappa shape index (κ3) is 5.49. The number of hydrogen-bond donors (Lipinski definition) is 4. The predicted octanol–water partition coefficient (Wildman–Crippen LogP) is 6.22. The van der Waals surface area contributed by atoms with Gasteiger partial charge in [0.2, 0.25) is 0 Å². The molecule has 2 aliphatic rings. The first-order chi connectivity index (χ1) is 17.3. The lowest BCUT2D eigenvalue weighted by molar-refractivity contribution is 0.0698. The van der Waals surface area contributed by atoms with Gasteiger partial charge in [-0.25, -0.2) is 4.79 Å². The lowest BCUT2D eigenvalue weighted by atomic mass is 9.92. The van der Waals surface area contributed by atoms with Crippen LogP contribution in [0.3, 0.4) is 0 Å². The Labute approximate surface area is 214 Å². The second-order valence-corrected chi connectivity index (χ2v) is 9.28. The Balaban J connectivity index is 1.74. The summed E-state index contributed by atoms with van der Waals surface area (Å²) < 4.78 is 5.88. The molecule has 1 aliphatic carbocycles. The fraction of sp³-hybridized carbons (Fsp3) is 0.250. The predicted molar refractivity (Wildman–Crippen MR) is 146 cm³/mol. The maximum Gasteiger partial charge on any atom is 0.337 e. The quantitative estimate of drug-likeness (QED) is 0.127. The number of nitrogens with one attached hydrogen (secondary N) is 2. The van der Waals surface area contributed by atoms with E-state index in [2.05, 4.69) is 17.6 Å². The third-order valence-corrected chi connectivity index (χ3v) is 6.30. The molecule has 0 fully saturated rings. The molecule has 1 aliphatic heterocycles. The number of fused-ring (bicyclic) bond motifs is 2. The van der Waals surface area contributed by atoms with Gasteiger partial charge in [0.25, 0.3) is 0 Å². The van der Waals surface area contributed by atoms with Crippen molar-refractivity contribution >= 4 is 40.0 Å². The Morgan fingerprint density at radius 3 is 2.64 bits per heavy atom. The number of phenols is 1. The molecule has 0 saturated carbocycles. The number of phenolic OH excluding ortho intramolecular Hbond substituents is 1. The van der Waals surface area contributed by atoms with E-state index in [-0.39, 0.29) is 22.8 Å². The maximum atomic E-state index is 12.2. The van der Waals surface area contributed by atoms with Gasteiger partial charge in [0.05, 0.1) is 11.3 Å². The molecular weight excluding hydrogens is 476 g/mol. The van der Waals surface area contributed by atoms with E-state index in [9.17, 15) is 19.8 Å². The van der Waals surface area contributed by atoms with Crippen LogP contribution in [0.1, 0.15) is 49.9 Å². The van der Waals surface area contributed by atoms with Gasteiger partial charge in [-0.15, -0.1) is 0 Å². The van der Waals surface area contributed by atoms with Gasteiger partial charge in [0.1, 0.15) is 17.1 Å². The Bertz CT molecular complexity index is 1460. The van der Waals surface area contributed by atoms with Crippen molar-refractivity contribution in [1.82, 2.24) is 5.32 Å². The Morgan fingerprint density at radius 2 is 1.89 bits per heavy atom. The zero-order chi connectivity index (χ0) is 25.8. The average Bonchev–Trinajstić information content (AvgIpc) is 2.82. The number of carboxylic acids is 1. The number of carboxylic acid groups (broad SMARTS) is 1. The zero-order valence-electron chi connectivity index (χ0n) is 20.1. The van der Waals surface area contributed by atoms with Crippen molar-refractivity contribution in [3.63, 3.8) is 0 Å². The normalized spacial score (nSPS) is 11.9. The van der Waals surface area contributed by atoms with Gasteiger partial charge in [0.15, 0.2) is 10.5 Å². The molecule has 1 heterocycles. The Hall–Kier alpha value is -3.91. The number of anilines is 1. The van der Waals surface area contributed by atoms with Crippen LogP contribution in [0.15, 0.2) is 63.8 Å². The number of unbranched alkanes of at least 4 members (excludes halogenated alkanes) is 2. The second kappa shape index (κ2) is 10.8. The molecule has 0 amide bonds. The summed E-state index contributed by atoms with van der Waals surface area (Å²) in [5, 5.41) is 27.2. The van der Waals surface area contributed by atoms with Gasteiger partial charge in [-0.2, -0.15) is 0 Å². The van der Waals surface area contributed by atoms with Gasteiger partial charge >= 0.3 is 5.97 Å². The van der Waals surface area contributed by atoms with Crippen molar-refractivity contribution in [3.8, 4) is 28.2 Å². The van der Waals surface area contributed by atoms with Crippen LogP contribution in [-0.4, -0.2) is 27.3 Å². The molecule has 36 heavy (non-hydrogen) atoms.